The van der Waals surface area contributed by atoms with E-state index in [0.717, 1.165) is 25.2 Å². The predicted molar refractivity (Wildman–Crippen MR) is 85.6 cm³/mol. The lowest BCUT2D eigenvalue weighted by molar-refractivity contribution is 0.306. The number of nitrogens with one attached hydrogen (secondary N) is 1. The van der Waals surface area contributed by atoms with E-state index in [1.165, 1.54) is 16.6 Å². The fraction of sp³-hybridized carbons (Fsp3) is 0.800. The lowest BCUT2D eigenvalue weighted by Gasteiger charge is -2.27. The van der Waals surface area contributed by atoms with Crippen LogP contribution in [0.3, 0.4) is 0 Å². The molecule has 0 aliphatic heterocycles. The molecule has 0 spiro atoms. The minimum atomic E-state index is 0.339. The molecule has 0 aromatic carbocycles. The van der Waals surface area contributed by atoms with E-state index in [2.05, 4.69) is 72.6 Å². The van der Waals surface area contributed by atoms with Gasteiger partial charge in [0, 0.05) is 19.0 Å². The Labute approximate surface area is 126 Å². The standard InChI is InChI=1S/C15H28BrN3/c1-7-17-12(10-15(4,5)6)9-13-14(16)11(3)18-19(13)8-2/h12,17H,7-10H2,1-6H3. The van der Waals surface area contributed by atoms with Gasteiger partial charge in [0.1, 0.15) is 0 Å². The molecule has 0 saturated heterocycles. The summed E-state index contributed by atoms with van der Waals surface area (Å²) in [6.45, 7) is 15.2. The van der Waals surface area contributed by atoms with Crippen LogP contribution >= 0.6 is 15.9 Å². The van der Waals surface area contributed by atoms with Crippen molar-refractivity contribution in [1.82, 2.24) is 15.1 Å². The van der Waals surface area contributed by atoms with E-state index in [4.69, 9.17) is 0 Å². The second-order valence-electron chi connectivity index (χ2n) is 6.39. The number of aromatic nitrogens is 2. The van der Waals surface area contributed by atoms with Gasteiger partial charge in [0.25, 0.3) is 0 Å². The molecule has 19 heavy (non-hydrogen) atoms. The highest BCUT2D eigenvalue weighted by Crippen LogP contribution is 2.26. The number of hydrogen-bond donors (Lipinski definition) is 1. The maximum absolute atomic E-state index is 4.58. The van der Waals surface area contributed by atoms with Gasteiger partial charge in [-0.05, 0) is 48.2 Å². The van der Waals surface area contributed by atoms with Crippen molar-refractivity contribution in [1.29, 1.82) is 0 Å². The minimum absolute atomic E-state index is 0.339. The Morgan fingerprint density at radius 1 is 1.32 bits per heavy atom. The Morgan fingerprint density at radius 3 is 2.42 bits per heavy atom. The van der Waals surface area contributed by atoms with Crippen molar-refractivity contribution in [3.8, 4) is 0 Å². The maximum Gasteiger partial charge on any atom is 0.0738 e. The van der Waals surface area contributed by atoms with E-state index < -0.39 is 0 Å². The van der Waals surface area contributed by atoms with Crippen molar-refractivity contribution in [2.45, 2.75) is 67.0 Å². The van der Waals surface area contributed by atoms with Crippen molar-refractivity contribution < 1.29 is 0 Å². The maximum atomic E-state index is 4.58. The van der Waals surface area contributed by atoms with Crippen LogP contribution in [0.15, 0.2) is 4.47 Å². The molecule has 0 radical (unpaired) electrons. The van der Waals surface area contributed by atoms with Crippen molar-refractivity contribution in [3.05, 3.63) is 15.9 Å². The van der Waals surface area contributed by atoms with Crippen LogP contribution in [0, 0.1) is 12.3 Å². The molecule has 110 valence electrons. The average Bonchev–Trinajstić information content (AvgIpc) is 2.55. The third-order valence-electron chi connectivity index (χ3n) is 3.24. The normalized spacial score (nSPS) is 13.8. The average molecular weight is 330 g/mol. The van der Waals surface area contributed by atoms with E-state index in [0.29, 0.717) is 11.5 Å². The number of likely N-dealkylation sites (N-methyl/N-ethyl adjacent to an activating group) is 1. The first-order chi connectivity index (χ1) is 8.78. The topological polar surface area (TPSA) is 29.9 Å². The van der Waals surface area contributed by atoms with Gasteiger partial charge < -0.3 is 5.32 Å². The highest BCUT2D eigenvalue weighted by Gasteiger charge is 2.22. The van der Waals surface area contributed by atoms with Gasteiger partial charge in [0.05, 0.1) is 15.9 Å². The van der Waals surface area contributed by atoms with Crippen LogP contribution in [0.5, 0.6) is 0 Å². The molecule has 1 rings (SSSR count). The summed E-state index contributed by atoms with van der Waals surface area (Å²) >= 11 is 3.69. The molecule has 1 atom stereocenters. The number of aryl methyl sites for hydroxylation is 2. The molecule has 1 aromatic heterocycles. The molecule has 1 N–H and O–H groups in total. The summed E-state index contributed by atoms with van der Waals surface area (Å²) in [5, 5.41) is 8.19. The second-order valence-corrected chi connectivity index (χ2v) is 7.18. The van der Waals surface area contributed by atoms with E-state index >= 15 is 0 Å². The number of halogens is 1. The molecule has 4 heteroatoms. The highest BCUT2D eigenvalue weighted by molar-refractivity contribution is 9.10. The SMILES string of the molecule is CCNC(Cc1c(Br)c(C)nn1CC)CC(C)(C)C. The van der Waals surface area contributed by atoms with E-state index in [-0.39, 0.29) is 0 Å². The largest absolute Gasteiger partial charge is 0.314 e. The Balaban J connectivity index is 2.90. The van der Waals surface area contributed by atoms with Gasteiger partial charge >= 0.3 is 0 Å². The molecule has 0 saturated carbocycles. The lowest BCUT2D eigenvalue weighted by Crippen LogP contribution is -2.35. The Kier molecular flexibility index (Phi) is 6.06. The number of rotatable bonds is 6. The summed E-state index contributed by atoms with van der Waals surface area (Å²) in [5.74, 6) is 0. The molecule has 3 nitrogen and oxygen atoms in total. The molecule has 1 unspecified atom stereocenters. The zero-order chi connectivity index (χ0) is 14.6. The molecule has 0 fully saturated rings. The molecule has 1 heterocycles. The van der Waals surface area contributed by atoms with Gasteiger partial charge in [0.2, 0.25) is 0 Å². The van der Waals surface area contributed by atoms with E-state index in [9.17, 15) is 0 Å². The number of nitrogens with zero attached hydrogens (tertiary/aromatic N) is 2. The summed E-state index contributed by atoms with van der Waals surface area (Å²) in [4.78, 5) is 0. The van der Waals surface area contributed by atoms with Crippen LogP contribution in [0.25, 0.3) is 0 Å². The van der Waals surface area contributed by atoms with Gasteiger partial charge in [0.15, 0.2) is 0 Å². The summed E-state index contributed by atoms with van der Waals surface area (Å²) in [5.41, 5.74) is 2.74. The third-order valence-corrected chi connectivity index (χ3v) is 4.28. The van der Waals surface area contributed by atoms with Gasteiger partial charge in [-0.15, -0.1) is 0 Å². The first-order valence-corrected chi connectivity index (χ1v) is 8.03. The van der Waals surface area contributed by atoms with Crippen LogP contribution in [-0.4, -0.2) is 22.4 Å². The summed E-state index contributed by atoms with van der Waals surface area (Å²) < 4.78 is 3.29. The zero-order valence-electron chi connectivity index (χ0n) is 13.2. The molecular weight excluding hydrogens is 302 g/mol. The first kappa shape index (κ1) is 16.7. The first-order valence-electron chi connectivity index (χ1n) is 7.23. The molecule has 1 aromatic rings. The smallest absolute Gasteiger partial charge is 0.0738 e. The summed E-state index contributed by atoms with van der Waals surface area (Å²) in [6, 6.07) is 0.503. The molecule has 0 bridgehead atoms. The van der Waals surface area contributed by atoms with Gasteiger partial charge in [-0.3, -0.25) is 4.68 Å². The van der Waals surface area contributed by atoms with Crippen molar-refractivity contribution >= 4 is 15.9 Å². The predicted octanol–water partition coefficient (Wildman–Crippen LogP) is 3.93. The molecule has 0 aliphatic rings. The molecule has 0 aliphatic carbocycles. The lowest BCUT2D eigenvalue weighted by atomic mass is 9.86. The fourth-order valence-corrected chi connectivity index (χ4v) is 2.99. The van der Waals surface area contributed by atoms with Crippen molar-refractivity contribution in [2.24, 2.45) is 5.41 Å². The van der Waals surface area contributed by atoms with Crippen LogP contribution in [0.1, 0.15) is 52.4 Å². The van der Waals surface area contributed by atoms with Gasteiger partial charge in [-0.2, -0.15) is 5.10 Å². The second kappa shape index (κ2) is 6.89. The zero-order valence-corrected chi connectivity index (χ0v) is 14.8. The monoisotopic (exact) mass is 329 g/mol. The summed E-state index contributed by atoms with van der Waals surface area (Å²) in [6.07, 6.45) is 2.20. The van der Waals surface area contributed by atoms with Crippen molar-refractivity contribution in [2.75, 3.05) is 6.54 Å². The van der Waals surface area contributed by atoms with Crippen LogP contribution < -0.4 is 5.32 Å². The van der Waals surface area contributed by atoms with Crippen LogP contribution in [0.2, 0.25) is 0 Å². The Morgan fingerprint density at radius 2 is 1.95 bits per heavy atom. The summed E-state index contributed by atoms with van der Waals surface area (Å²) in [7, 11) is 0. The van der Waals surface area contributed by atoms with E-state index in [1.54, 1.807) is 0 Å². The van der Waals surface area contributed by atoms with Gasteiger partial charge in [-0.1, -0.05) is 27.7 Å². The van der Waals surface area contributed by atoms with Gasteiger partial charge in [-0.25, -0.2) is 0 Å². The Bertz CT molecular complexity index is 404. The highest BCUT2D eigenvalue weighted by atomic mass is 79.9. The number of hydrogen-bond acceptors (Lipinski definition) is 2. The molecule has 0 amide bonds. The van der Waals surface area contributed by atoms with Crippen molar-refractivity contribution in [3.63, 3.8) is 0 Å². The third kappa shape index (κ3) is 4.92. The Hall–Kier alpha value is -0.350. The van der Waals surface area contributed by atoms with E-state index in [1.807, 2.05) is 0 Å². The van der Waals surface area contributed by atoms with Crippen LogP contribution in [0.4, 0.5) is 0 Å². The fourth-order valence-electron chi connectivity index (χ4n) is 2.54. The molecular formula is C15H28BrN3. The quantitative estimate of drug-likeness (QED) is 0.856. The minimum Gasteiger partial charge on any atom is -0.314 e. The van der Waals surface area contributed by atoms with Crippen LogP contribution in [-0.2, 0) is 13.0 Å².